The molecule has 10 heteroatoms. The zero-order valence-corrected chi connectivity index (χ0v) is 23.6. The number of carbonyl (C=O) groups is 4. The second-order valence-electron chi connectivity index (χ2n) is 8.86. The average Bonchev–Trinajstić information content (AvgIpc) is 3.23. The lowest BCUT2D eigenvalue weighted by molar-refractivity contribution is -0.113. The molecule has 0 fully saturated rings. The predicted octanol–water partition coefficient (Wildman–Crippen LogP) is 6.75. The number of nitrogens with one attached hydrogen (secondary N) is 2. The summed E-state index contributed by atoms with van der Waals surface area (Å²) in [6, 6.07) is 27.1. The number of fused-ring (bicyclic) bond motifs is 1. The first-order valence-corrected chi connectivity index (χ1v) is 14.1. The summed E-state index contributed by atoms with van der Waals surface area (Å²) in [6.07, 6.45) is 1.45. The molecule has 0 aromatic heterocycles. The van der Waals surface area contributed by atoms with Gasteiger partial charge in [-0.3, -0.25) is 24.1 Å². The van der Waals surface area contributed by atoms with E-state index in [1.165, 1.54) is 22.7 Å². The lowest BCUT2D eigenvalue weighted by Crippen LogP contribution is -2.30. The molecule has 4 aromatic carbocycles. The Morgan fingerprint density at radius 1 is 0.805 bits per heavy atom. The van der Waals surface area contributed by atoms with E-state index in [0.717, 1.165) is 4.90 Å². The van der Waals surface area contributed by atoms with Gasteiger partial charge in [0.15, 0.2) is 0 Å². The first-order valence-electron chi connectivity index (χ1n) is 12.3. The van der Waals surface area contributed by atoms with Crippen LogP contribution in [0.4, 0.5) is 5.69 Å². The van der Waals surface area contributed by atoms with Gasteiger partial charge in [-0.2, -0.15) is 0 Å². The minimum Gasteiger partial charge on any atom is -0.321 e. The molecule has 5 rings (SSSR count). The third-order valence-corrected chi connectivity index (χ3v) is 7.95. The van der Waals surface area contributed by atoms with Gasteiger partial charge in [-0.15, -0.1) is 11.8 Å². The van der Waals surface area contributed by atoms with Crippen molar-refractivity contribution < 1.29 is 19.2 Å². The molecular formula is C31H21Cl2N3O4S. The van der Waals surface area contributed by atoms with Crippen LogP contribution in [-0.2, 0) is 4.79 Å². The molecular weight excluding hydrogens is 581 g/mol. The van der Waals surface area contributed by atoms with Gasteiger partial charge in [0, 0.05) is 16.1 Å². The third-order valence-electron chi connectivity index (χ3n) is 6.14. The summed E-state index contributed by atoms with van der Waals surface area (Å²) in [5, 5.41) is 6.00. The molecule has 204 valence electrons. The van der Waals surface area contributed by atoms with Crippen molar-refractivity contribution in [2.24, 2.45) is 0 Å². The summed E-state index contributed by atoms with van der Waals surface area (Å²) in [5.41, 5.74) is 1.98. The summed E-state index contributed by atoms with van der Waals surface area (Å²) in [5.74, 6) is -1.64. The van der Waals surface area contributed by atoms with E-state index in [1.807, 2.05) is 0 Å². The van der Waals surface area contributed by atoms with Gasteiger partial charge in [0.05, 0.1) is 27.0 Å². The lowest BCUT2D eigenvalue weighted by Gasteiger charge is -2.14. The average molecular weight is 602 g/mol. The second kappa shape index (κ2) is 12.4. The number of nitrogens with zero attached hydrogens (tertiary/aromatic N) is 1. The number of anilines is 1. The first-order chi connectivity index (χ1) is 19.8. The molecule has 2 N–H and O–H groups in total. The minimum absolute atomic E-state index is 0.0490. The maximum absolute atomic E-state index is 13.4. The number of thioether (sulfide) groups is 1. The lowest BCUT2D eigenvalue weighted by atomic mass is 10.1. The van der Waals surface area contributed by atoms with Crippen molar-refractivity contribution in [2.75, 3.05) is 11.2 Å². The number of hydrogen-bond acceptors (Lipinski definition) is 5. The van der Waals surface area contributed by atoms with Crippen LogP contribution >= 0.6 is 35.0 Å². The molecule has 41 heavy (non-hydrogen) atoms. The van der Waals surface area contributed by atoms with Gasteiger partial charge in [-0.05, 0) is 60.2 Å². The van der Waals surface area contributed by atoms with Crippen LogP contribution < -0.4 is 10.6 Å². The molecule has 0 aliphatic carbocycles. The second-order valence-corrected chi connectivity index (χ2v) is 10.7. The van der Waals surface area contributed by atoms with Crippen molar-refractivity contribution in [1.82, 2.24) is 10.2 Å². The standard InChI is InChI=1S/C31H21Cl2N3O4S/c32-25-15-6-10-20(27(25)33)16-26(35-28(37)19-8-2-1-3-9-19)29(38)34-21-11-7-12-22(17-21)41-18-36-30(39)23-13-4-5-14-24(23)31(36)40/h1-17H,18H2,(H,34,38)(H,35,37)/b26-16+. The highest BCUT2D eigenvalue weighted by Gasteiger charge is 2.34. The van der Waals surface area contributed by atoms with E-state index in [1.54, 1.807) is 97.1 Å². The van der Waals surface area contributed by atoms with Crippen LogP contribution in [-0.4, -0.2) is 34.4 Å². The van der Waals surface area contributed by atoms with Crippen molar-refractivity contribution in [2.45, 2.75) is 4.90 Å². The fourth-order valence-electron chi connectivity index (χ4n) is 4.09. The zero-order chi connectivity index (χ0) is 28.9. The van der Waals surface area contributed by atoms with Gasteiger partial charge in [-0.25, -0.2) is 0 Å². The number of rotatable bonds is 8. The Labute approximate surface area is 250 Å². The number of halogens is 2. The zero-order valence-electron chi connectivity index (χ0n) is 21.3. The molecule has 0 bridgehead atoms. The fraction of sp³-hybridized carbons (Fsp3) is 0.0323. The van der Waals surface area contributed by atoms with Gasteiger partial charge < -0.3 is 10.6 Å². The topological polar surface area (TPSA) is 95.6 Å². The molecule has 1 heterocycles. The molecule has 4 aromatic rings. The first kappa shape index (κ1) is 28.2. The Morgan fingerprint density at radius 2 is 1.46 bits per heavy atom. The summed E-state index contributed by atoms with van der Waals surface area (Å²) >= 11 is 13.8. The van der Waals surface area contributed by atoms with E-state index in [2.05, 4.69) is 10.6 Å². The maximum atomic E-state index is 13.4. The van der Waals surface area contributed by atoms with Gasteiger partial charge in [0.2, 0.25) is 0 Å². The van der Waals surface area contributed by atoms with Crippen LogP contribution in [0.25, 0.3) is 6.08 Å². The largest absolute Gasteiger partial charge is 0.321 e. The minimum atomic E-state index is -0.590. The molecule has 0 atom stereocenters. The molecule has 1 aliphatic heterocycles. The summed E-state index contributed by atoms with van der Waals surface area (Å²) < 4.78 is 0. The highest BCUT2D eigenvalue weighted by Crippen LogP contribution is 2.29. The number of hydrogen-bond donors (Lipinski definition) is 2. The summed E-state index contributed by atoms with van der Waals surface area (Å²) in [4.78, 5) is 53.6. The van der Waals surface area contributed by atoms with Crippen LogP contribution in [0.3, 0.4) is 0 Å². The van der Waals surface area contributed by atoms with E-state index in [-0.39, 0.29) is 28.4 Å². The van der Waals surface area contributed by atoms with Gasteiger partial charge >= 0.3 is 0 Å². The smallest absolute Gasteiger partial charge is 0.272 e. The predicted molar refractivity (Wildman–Crippen MR) is 161 cm³/mol. The molecule has 7 nitrogen and oxygen atoms in total. The Bertz CT molecular complexity index is 1670. The van der Waals surface area contributed by atoms with Crippen molar-refractivity contribution in [3.8, 4) is 0 Å². The molecule has 0 radical (unpaired) electrons. The molecule has 1 aliphatic rings. The number of benzene rings is 4. The van der Waals surface area contributed by atoms with Crippen molar-refractivity contribution in [3.05, 3.63) is 135 Å². The van der Waals surface area contributed by atoms with E-state index in [4.69, 9.17) is 23.2 Å². The Kier molecular flexibility index (Phi) is 8.54. The number of imide groups is 1. The summed E-state index contributed by atoms with van der Waals surface area (Å²) in [7, 11) is 0. The maximum Gasteiger partial charge on any atom is 0.272 e. The van der Waals surface area contributed by atoms with Gasteiger partial charge in [0.25, 0.3) is 23.6 Å². The van der Waals surface area contributed by atoms with Crippen LogP contribution in [0.1, 0.15) is 36.6 Å². The SMILES string of the molecule is O=C(Nc1cccc(SCN2C(=O)c3ccccc3C2=O)c1)/C(=C\c1cccc(Cl)c1Cl)NC(=O)c1ccccc1. The van der Waals surface area contributed by atoms with E-state index in [9.17, 15) is 19.2 Å². The molecule has 4 amide bonds. The van der Waals surface area contributed by atoms with Crippen LogP contribution in [0.2, 0.25) is 10.0 Å². The molecule has 0 unspecified atom stereocenters. The molecule has 0 spiro atoms. The van der Waals surface area contributed by atoms with Crippen LogP contribution in [0.5, 0.6) is 0 Å². The summed E-state index contributed by atoms with van der Waals surface area (Å²) in [6.45, 7) is 0. The molecule has 0 saturated heterocycles. The van der Waals surface area contributed by atoms with Crippen molar-refractivity contribution in [1.29, 1.82) is 0 Å². The van der Waals surface area contributed by atoms with E-state index >= 15 is 0 Å². The van der Waals surface area contributed by atoms with Gasteiger partial charge in [-0.1, -0.05) is 71.7 Å². The highest BCUT2D eigenvalue weighted by molar-refractivity contribution is 7.99. The Hall–Kier alpha value is -4.37. The van der Waals surface area contributed by atoms with Crippen molar-refractivity contribution >= 4 is 70.4 Å². The van der Waals surface area contributed by atoms with Crippen LogP contribution in [0.15, 0.2) is 108 Å². The third kappa shape index (κ3) is 6.36. The Balaban J connectivity index is 1.33. The van der Waals surface area contributed by atoms with E-state index < -0.39 is 11.8 Å². The Morgan fingerprint density at radius 3 is 2.17 bits per heavy atom. The highest BCUT2D eigenvalue weighted by atomic mass is 35.5. The number of carbonyl (C=O) groups excluding carboxylic acids is 4. The van der Waals surface area contributed by atoms with Crippen molar-refractivity contribution in [3.63, 3.8) is 0 Å². The number of amides is 4. The fourth-order valence-corrected chi connectivity index (χ4v) is 5.35. The van der Waals surface area contributed by atoms with E-state index in [0.29, 0.717) is 33.0 Å². The molecule has 0 saturated carbocycles. The normalized spacial score (nSPS) is 12.7. The van der Waals surface area contributed by atoms with Gasteiger partial charge in [0.1, 0.15) is 5.70 Å². The monoisotopic (exact) mass is 601 g/mol. The van der Waals surface area contributed by atoms with Crippen LogP contribution in [0, 0.1) is 0 Å². The quantitative estimate of drug-likeness (QED) is 0.132.